The van der Waals surface area contributed by atoms with Crippen LogP contribution in [-0.4, -0.2) is 15.0 Å². The predicted molar refractivity (Wildman–Crippen MR) is 200 cm³/mol. The maximum Gasteiger partial charge on any atom is 0.164 e. The van der Waals surface area contributed by atoms with E-state index in [1.54, 1.807) is 0 Å². The average molecular weight is 612 g/mol. The highest BCUT2D eigenvalue weighted by molar-refractivity contribution is 6.03. The van der Waals surface area contributed by atoms with Crippen LogP contribution < -0.4 is 0 Å². The Morgan fingerprint density at radius 1 is 0.271 bits per heavy atom. The van der Waals surface area contributed by atoms with E-state index >= 15 is 0 Å². The van der Waals surface area contributed by atoms with Gasteiger partial charge in [0.25, 0.3) is 0 Å². The van der Waals surface area contributed by atoms with Crippen molar-refractivity contribution in [2.24, 2.45) is 0 Å². The van der Waals surface area contributed by atoms with Crippen LogP contribution in [0.4, 0.5) is 0 Å². The number of aromatic nitrogens is 3. The molecule has 1 heterocycles. The van der Waals surface area contributed by atoms with E-state index in [2.05, 4.69) is 170 Å². The van der Waals surface area contributed by atoms with Crippen LogP contribution in [0.2, 0.25) is 0 Å². The molecule has 0 bridgehead atoms. The van der Waals surface area contributed by atoms with E-state index in [1.807, 2.05) is 6.07 Å². The van der Waals surface area contributed by atoms with Crippen LogP contribution >= 0.6 is 0 Å². The van der Waals surface area contributed by atoms with Crippen molar-refractivity contribution in [2.75, 3.05) is 0 Å². The molecular formula is C45H29N3. The molecule has 0 spiro atoms. The van der Waals surface area contributed by atoms with E-state index < -0.39 is 0 Å². The Bertz CT molecular complexity index is 2610. The van der Waals surface area contributed by atoms with Crippen molar-refractivity contribution >= 4 is 32.3 Å². The van der Waals surface area contributed by atoms with Gasteiger partial charge in [-0.2, -0.15) is 0 Å². The molecule has 0 amide bonds. The highest BCUT2D eigenvalue weighted by Gasteiger charge is 2.18. The first kappa shape index (κ1) is 27.8. The lowest BCUT2D eigenvalue weighted by Crippen LogP contribution is -2.01. The van der Waals surface area contributed by atoms with E-state index in [9.17, 15) is 0 Å². The van der Waals surface area contributed by atoms with Gasteiger partial charge >= 0.3 is 0 Å². The summed E-state index contributed by atoms with van der Waals surface area (Å²) in [6, 6.07) is 61.7. The van der Waals surface area contributed by atoms with Gasteiger partial charge in [-0.3, -0.25) is 0 Å². The third kappa shape index (κ3) is 5.08. The van der Waals surface area contributed by atoms with Crippen molar-refractivity contribution in [2.45, 2.75) is 0 Å². The molecule has 0 aliphatic rings. The molecule has 3 heteroatoms. The fourth-order valence-electron chi connectivity index (χ4n) is 6.65. The molecule has 48 heavy (non-hydrogen) atoms. The normalized spacial score (nSPS) is 11.3. The minimum Gasteiger partial charge on any atom is -0.208 e. The first-order valence-corrected chi connectivity index (χ1v) is 16.2. The Morgan fingerprint density at radius 2 is 0.729 bits per heavy atom. The molecule has 0 saturated carbocycles. The third-order valence-electron chi connectivity index (χ3n) is 9.08. The molecule has 1 aromatic heterocycles. The Labute approximate surface area is 278 Å². The van der Waals surface area contributed by atoms with Gasteiger partial charge in [-0.15, -0.1) is 0 Å². The topological polar surface area (TPSA) is 38.7 Å². The Hall–Kier alpha value is -6.45. The van der Waals surface area contributed by atoms with Gasteiger partial charge in [0.05, 0.1) is 0 Å². The summed E-state index contributed by atoms with van der Waals surface area (Å²) in [6.07, 6.45) is 0. The molecule has 9 aromatic rings. The molecule has 0 aliphatic heterocycles. The van der Waals surface area contributed by atoms with Crippen LogP contribution in [0.15, 0.2) is 176 Å². The monoisotopic (exact) mass is 611 g/mol. The highest BCUT2D eigenvalue weighted by Crippen LogP contribution is 2.38. The zero-order valence-electron chi connectivity index (χ0n) is 26.1. The van der Waals surface area contributed by atoms with E-state index in [0.29, 0.717) is 17.5 Å². The quantitative estimate of drug-likeness (QED) is 0.194. The largest absolute Gasteiger partial charge is 0.208 e. The number of benzene rings is 8. The zero-order valence-corrected chi connectivity index (χ0v) is 26.1. The summed E-state index contributed by atoms with van der Waals surface area (Å²) in [5, 5.41) is 6.97. The van der Waals surface area contributed by atoms with Crippen LogP contribution in [0.25, 0.3) is 88.7 Å². The number of hydrogen-bond donors (Lipinski definition) is 0. The zero-order chi connectivity index (χ0) is 31.9. The van der Waals surface area contributed by atoms with Crippen LogP contribution in [0.1, 0.15) is 0 Å². The van der Waals surface area contributed by atoms with Crippen molar-refractivity contribution in [1.29, 1.82) is 0 Å². The van der Waals surface area contributed by atoms with Gasteiger partial charge in [0.2, 0.25) is 0 Å². The molecule has 3 nitrogen and oxygen atoms in total. The minimum atomic E-state index is 0.643. The van der Waals surface area contributed by atoms with Crippen molar-refractivity contribution in [3.05, 3.63) is 176 Å². The average Bonchev–Trinajstić information content (AvgIpc) is 3.17. The van der Waals surface area contributed by atoms with Crippen LogP contribution in [0.3, 0.4) is 0 Å². The molecule has 0 unspecified atom stereocenters. The first-order chi connectivity index (χ1) is 23.8. The minimum absolute atomic E-state index is 0.643. The van der Waals surface area contributed by atoms with Gasteiger partial charge in [-0.25, -0.2) is 15.0 Å². The van der Waals surface area contributed by atoms with Gasteiger partial charge in [0.15, 0.2) is 17.5 Å². The number of rotatable bonds is 5. The second-order valence-electron chi connectivity index (χ2n) is 12.1. The van der Waals surface area contributed by atoms with Crippen LogP contribution in [0, 0.1) is 0 Å². The summed E-state index contributed by atoms with van der Waals surface area (Å²) in [5.41, 5.74) is 7.51. The molecule has 224 valence electrons. The van der Waals surface area contributed by atoms with Crippen molar-refractivity contribution in [1.82, 2.24) is 15.0 Å². The number of nitrogens with zero attached hydrogens (tertiary/aromatic N) is 3. The molecule has 0 atom stereocenters. The number of hydrogen-bond acceptors (Lipinski definition) is 3. The Morgan fingerprint density at radius 3 is 1.42 bits per heavy atom. The second kappa shape index (κ2) is 11.7. The maximum atomic E-state index is 5.20. The highest BCUT2D eigenvalue weighted by atomic mass is 15.0. The summed E-state index contributed by atoms with van der Waals surface area (Å²) >= 11 is 0. The Kier molecular flexibility index (Phi) is 6.80. The summed E-state index contributed by atoms with van der Waals surface area (Å²) in [4.78, 5) is 15.5. The summed E-state index contributed by atoms with van der Waals surface area (Å²) < 4.78 is 0. The summed E-state index contributed by atoms with van der Waals surface area (Å²) in [7, 11) is 0. The molecule has 0 saturated heterocycles. The predicted octanol–water partition coefficient (Wildman–Crippen LogP) is 11.7. The van der Waals surface area contributed by atoms with Gasteiger partial charge < -0.3 is 0 Å². The van der Waals surface area contributed by atoms with Gasteiger partial charge in [-0.05, 0) is 73.3 Å². The van der Waals surface area contributed by atoms with E-state index in [1.165, 1.54) is 27.3 Å². The van der Waals surface area contributed by atoms with Crippen LogP contribution in [-0.2, 0) is 0 Å². The summed E-state index contributed by atoms with van der Waals surface area (Å²) in [5.74, 6) is 1.93. The van der Waals surface area contributed by atoms with Crippen LogP contribution in [0.5, 0.6) is 0 Å². The lowest BCUT2D eigenvalue weighted by Gasteiger charge is -2.15. The fourth-order valence-corrected chi connectivity index (χ4v) is 6.65. The van der Waals surface area contributed by atoms with Gasteiger partial charge in [-0.1, -0.05) is 152 Å². The Balaban J connectivity index is 1.26. The van der Waals surface area contributed by atoms with Crippen molar-refractivity contribution in [3.63, 3.8) is 0 Å². The lowest BCUT2D eigenvalue weighted by molar-refractivity contribution is 1.08. The molecule has 8 aromatic carbocycles. The van der Waals surface area contributed by atoms with Crippen molar-refractivity contribution in [3.8, 4) is 56.4 Å². The lowest BCUT2D eigenvalue weighted by atomic mass is 9.93. The SMILES string of the molecule is c1ccc(-c2ccc3cc(-c4nc(-c5ccc6ccccc6c5)nc(-c5ccc6ccccc6c5-c5ccccc5)n4)ccc3c2)cc1. The molecule has 0 fully saturated rings. The fraction of sp³-hybridized carbons (Fsp3) is 0. The molecular weight excluding hydrogens is 583 g/mol. The molecule has 0 N–H and O–H groups in total. The van der Waals surface area contributed by atoms with E-state index in [-0.39, 0.29) is 0 Å². The molecule has 0 radical (unpaired) electrons. The maximum absolute atomic E-state index is 5.20. The second-order valence-corrected chi connectivity index (χ2v) is 12.1. The smallest absolute Gasteiger partial charge is 0.164 e. The van der Waals surface area contributed by atoms with Crippen molar-refractivity contribution < 1.29 is 0 Å². The first-order valence-electron chi connectivity index (χ1n) is 16.2. The third-order valence-corrected chi connectivity index (χ3v) is 9.08. The van der Waals surface area contributed by atoms with E-state index in [4.69, 9.17) is 15.0 Å². The van der Waals surface area contributed by atoms with Gasteiger partial charge in [0.1, 0.15) is 0 Å². The van der Waals surface area contributed by atoms with Gasteiger partial charge in [0, 0.05) is 22.3 Å². The number of fused-ring (bicyclic) bond motifs is 3. The molecule has 0 aliphatic carbocycles. The summed E-state index contributed by atoms with van der Waals surface area (Å²) in [6.45, 7) is 0. The molecule has 9 rings (SSSR count). The standard InChI is InChI=1S/C45H29N3/c1-3-11-30(12-4-1)35-20-21-37-29-39(24-22-36(37)27-35)44-46-43(38-23-19-31-13-7-8-17-34(31)28-38)47-45(48-44)41-26-25-32-14-9-10-18-40(32)42(41)33-15-5-2-6-16-33/h1-29H. The van der Waals surface area contributed by atoms with E-state index in [0.717, 1.165) is 44.0 Å².